The number of hydrogen-bond acceptors (Lipinski definition) is 4. The lowest BCUT2D eigenvalue weighted by atomic mass is 9.90. The van der Waals surface area contributed by atoms with Crippen LogP contribution in [-0.2, 0) is 19.1 Å². The highest BCUT2D eigenvalue weighted by Gasteiger charge is 2.34. The molecule has 0 aliphatic rings. The highest BCUT2D eigenvalue weighted by molar-refractivity contribution is 5.77. The summed E-state index contributed by atoms with van der Waals surface area (Å²) in [7, 11) is 3.41. The highest BCUT2D eigenvalue weighted by atomic mass is 16.5. The average Bonchev–Trinajstić information content (AvgIpc) is 2.50. The van der Waals surface area contributed by atoms with Crippen molar-refractivity contribution in [3.05, 3.63) is 0 Å². The first-order valence-corrected chi connectivity index (χ1v) is 9.07. The molecule has 24 heavy (non-hydrogen) atoms. The van der Waals surface area contributed by atoms with Gasteiger partial charge in [0, 0.05) is 20.6 Å². The molecule has 0 bridgehead atoms. The van der Waals surface area contributed by atoms with Crippen molar-refractivity contribution >= 4 is 11.9 Å². The molecular formula is C19H37NO4. The summed E-state index contributed by atoms with van der Waals surface area (Å²) < 4.78 is 10.9. The number of amides is 1. The van der Waals surface area contributed by atoms with E-state index in [-0.39, 0.29) is 36.4 Å². The molecule has 0 spiro atoms. The monoisotopic (exact) mass is 343 g/mol. The van der Waals surface area contributed by atoms with Gasteiger partial charge in [-0.05, 0) is 17.8 Å². The maximum Gasteiger partial charge on any atom is 0.308 e. The maximum absolute atomic E-state index is 12.5. The fraction of sp³-hybridized carbons (Fsp3) is 0.895. The van der Waals surface area contributed by atoms with E-state index in [2.05, 4.69) is 13.8 Å². The van der Waals surface area contributed by atoms with Crippen molar-refractivity contribution in [3.63, 3.8) is 0 Å². The van der Waals surface area contributed by atoms with E-state index in [9.17, 15) is 9.59 Å². The van der Waals surface area contributed by atoms with Gasteiger partial charge >= 0.3 is 5.97 Å². The van der Waals surface area contributed by atoms with Crippen molar-refractivity contribution < 1.29 is 19.1 Å². The Labute approximate surface area is 148 Å². The molecule has 0 aromatic carbocycles. The average molecular weight is 344 g/mol. The largest absolute Gasteiger partial charge is 0.465 e. The number of likely N-dealkylation sites (N-methyl/N-ethyl adjacent to an activating group) is 1. The van der Waals surface area contributed by atoms with Gasteiger partial charge in [0.25, 0.3) is 0 Å². The quantitative estimate of drug-likeness (QED) is 0.539. The van der Waals surface area contributed by atoms with Gasteiger partial charge < -0.3 is 14.4 Å². The number of ether oxygens (including phenoxy) is 2. The summed E-state index contributed by atoms with van der Waals surface area (Å²) in [6, 6.07) is -0.141. The van der Waals surface area contributed by atoms with Crippen molar-refractivity contribution in [1.29, 1.82) is 0 Å². The molecule has 0 saturated carbocycles. The lowest BCUT2D eigenvalue weighted by Gasteiger charge is -2.37. The maximum atomic E-state index is 12.5. The van der Waals surface area contributed by atoms with Crippen LogP contribution in [0.1, 0.15) is 60.8 Å². The Bertz CT molecular complexity index is 382. The van der Waals surface area contributed by atoms with Crippen molar-refractivity contribution in [2.24, 2.45) is 17.8 Å². The predicted molar refractivity (Wildman–Crippen MR) is 96.7 cm³/mol. The Hall–Kier alpha value is -1.10. The predicted octanol–water partition coefficient (Wildman–Crippen LogP) is 3.51. The van der Waals surface area contributed by atoms with E-state index in [4.69, 9.17) is 9.47 Å². The topological polar surface area (TPSA) is 55.8 Å². The molecule has 3 atom stereocenters. The number of hydrogen-bond donors (Lipinski definition) is 0. The van der Waals surface area contributed by atoms with Gasteiger partial charge in [0.05, 0.1) is 25.2 Å². The van der Waals surface area contributed by atoms with E-state index in [1.807, 2.05) is 34.7 Å². The molecule has 3 unspecified atom stereocenters. The van der Waals surface area contributed by atoms with E-state index >= 15 is 0 Å². The standard InChI is InChI=1S/C19H37NO4/c1-9-15(6)19(20(7)17(21)10-13(2)3)16(23-8)11-18(22)24-12-14(4)5/h13-16,19H,9-12H2,1-8H3. The van der Waals surface area contributed by atoms with Crippen LogP contribution in [0.5, 0.6) is 0 Å². The van der Waals surface area contributed by atoms with Gasteiger partial charge in [0.1, 0.15) is 0 Å². The number of esters is 1. The summed E-state index contributed by atoms with van der Waals surface area (Å²) >= 11 is 0. The first-order valence-electron chi connectivity index (χ1n) is 9.07. The summed E-state index contributed by atoms with van der Waals surface area (Å²) in [6.07, 6.45) is 1.21. The van der Waals surface area contributed by atoms with Crippen molar-refractivity contribution in [2.75, 3.05) is 20.8 Å². The molecule has 0 heterocycles. The molecule has 0 aromatic heterocycles. The third-order valence-corrected chi connectivity index (χ3v) is 4.28. The SMILES string of the molecule is CCC(C)C(C(CC(=O)OCC(C)C)OC)N(C)C(=O)CC(C)C. The van der Waals surface area contributed by atoms with Gasteiger partial charge in [-0.2, -0.15) is 0 Å². The number of carbonyl (C=O) groups is 2. The van der Waals surface area contributed by atoms with Crippen molar-refractivity contribution in [3.8, 4) is 0 Å². The number of methoxy groups -OCH3 is 1. The molecule has 1 amide bonds. The molecule has 0 N–H and O–H groups in total. The Kier molecular flexibility index (Phi) is 10.9. The van der Waals surface area contributed by atoms with Gasteiger partial charge in [-0.15, -0.1) is 0 Å². The Morgan fingerprint density at radius 2 is 1.58 bits per heavy atom. The molecule has 0 aliphatic heterocycles. The van der Waals surface area contributed by atoms with Crippen LogP contribution in [0, 0.1) is 17.8 Å². The van der Waals surface area contributed by atoms with Crippen molar-refractivity contribution in [2.45, 2.75) is 73.0 Å². The van der Waals surface area contributed by atoms with Gasteiger partial charge in [0.2, 0.25) is 5.91 Å². The van der Waals surface area contributed by atoms with Crippen LogP contribution in [-0.4, -0.2) is 49.7 Å². The molecule has 5 heteroatoms. The summed E-state index contributed by atoms with van der Waals surface area (Å²) in [5.41, 5.74) is 0. The van der Waals surface area contributed by atoms with E-state index in [0.717, 1.165) is 6.42 Å². The fourth-order valence-corrected chi connectivity index (χ4v) is 2.72. The number of rotatable bonds is 11. The lowest BCUT2D eigenvalue weighted by Crippen LogP contribution is -2.50. The third-order valence-electron chi connectivity index (χ3n) is 4.28. The molecule has 0 aromatic rings. The van der Waals surface area contributed by atoms with Crippen LogP contribution in [0.3, 0.4) is 0 Å². The van der Waals surface area contributed by atoms with Gasteiger partial charge in [-0.25, -0.2) is 0 Å². The Balaban J connectivity index is 5.09. The summed E-state index contributed by atoms with van der Waals surface area (Å²) in [4.78, 5) is 26.3. The first-order chi connectivity index (χ1) is 11.1. The molecule has 0 saturated heterocycles. The van der Waals surface area contributed by atoms with Crippen LogP contribution in [0.25, 0.3) is 0 Å². The fourth-order valence-electron chi connectivity index (χ4n) is 2.72. The van der Waals surface area contributed by atoms with Crippen LogP contribution >= 0.6 is 0 Å². The second-order valence-corrected chi connectivity index (χ2v) is 7.53. The Morgan fingerprint density at radius 3 is 2.00 bits per heavy atom. The van der Waals surface area contributed by atoms with Gasteiger partial charge in [-0.1, -0.05) is 48.0 Å². The van der Waals surface area contributed by atoms with E-state index in [0.29, 0.717) is 24.9 Å². The van der Waals surface area contributed by atoms with Crippen molar-refractivity contribution in [1.82, 2.24) is 4.90 Å². The normalized spacial score (nSPS) is 15.2. The lowest BCUT2D eigenvalue weighted by molar-refractivity contribution is -0.151. The Morgan fingerprint density at radius 1 is 1.00 bits per heavy atom. The van der Waals surface area contributed by atoms with Crippen LogP contribution in [0.4, 0.5) is 0 Å². The molecule has 0 aliphatic carbocycles. The summed E-state index contributed by atoms with van der Waals surface area (Å²) in [5.74, 6) is 0.653. The first kappa shape index (κ1) is 22.9. The smallest absolute Gasteiger partial charge is 0.308 e. The minimum absolute atomic E-state index is 0.0906. The molecule has 142 valence electrons. The second-order valence-electron chi connectivity index (χ2n) is 7.53. The highest BCUT2D eigenvalue weighted by Crippen LogP contribution is 2.23. The zero-order valence-electron chi connectivity index (χ0n) is 16.8. The van der Waals surface area contributed by atoms with E-state index < -0.39 is 0 Å². The minimum atomic E-state index is -0.360. The molecule has 0 rings (SSSR count). The van der Waals surface area contributed by atoms with E-state index in [1.54, 1.807) is 12.0 Å². The molecule has 0 radical (unpaired) electrons. The van der Waals surface area contributed by atoms with Crippen LogP contribution < -0.4 is 0 Å². The zero-order chi connectivity index (χ0) is 18.9. The number of nitrogens with zero attached hydrogens (tertiary/aromatic N) is 1. The molecule has 5 nitrogen and oxygen atoms in total. The van der Waals surface area contributed by atoms with Crippen LogP contribution in [0.15, 0.2) is 0 Å². The van der Waals surface area contributed by atoms with E-state index in [1.165, 1.54) is 0 Å². The summed E-state index contributed by atoms with van der Waals surface area (Å²) in [5, 5.41) is 0. The summed E-state index contributed by atoms with van der Waals surface area (Å²) in [6.45, 7) is 12.6. The number of carbonyl (C=O) groups excluding carboxylic acids is 2. The third kappa shape index (κ3) is 8.13. The second kappa shape index (κ2) is 11.5. The molecular weight excluding hydrogens is 306 g/mol. The minimum Gasteiger partial charge on any atom is -0.465 e. The van der Waals surface area contributed by atoms with Gasteiger partial charge in [0.15, 0.2) is 0 Å². The van der Waals surface area contributed by atoms with Crippen LogP contribution in [0.2, 0.25) is 0 Å². The van der Waals surface area contributed by atoms with Gasteiger partial charge in [-0.3, -0.25) is 9.59 Å². The zero-order valence-corrected chi connectivity index (χ0v) is 16.8. The molecule has 0 fully saturated rings.